The first-order valence-electron chi connectivity index (χ1n) is 5.40. The second kappa shape index (κ2) is 6.73. The van der Waals surface area contributed by atoms with E-state index in [-0.39, 0.29) is 18.1 Å². The summed E-state index contributed by atoms with van der Waals surface area (Å²) < 4.78 is 23.0. The van der Waals surface area contributed by atoms with Gasteiger partial charge in [-0.25, -0.2) is 4.39 Å². The van der Waals surface area contributed by atoms with E-state index in [1.807, 2.05) is 0 Å². The van der Waals surface area contributed by atoms with Crippen LogP contribution in [0.25, 0.3) is 0 Å². The molecule has 0 atom stereocenters. The van der Waals surface area contributed by atoms with Crippen LogP contribution in [0.3, 0.4) is 0 Å². The SMILES string of the molecule is CCOc1ccc(NCCC(=O)OC)cc1F. The van der Waals surface area contributed by atoms with E-state index in [2.05, 4.69) is 10.1 Å². The fourth-order valence-corrected chi connectivity index (χ4v) is 1.29. The molecule has 17 heavy (non-hydrogen) atoms. The van der Waals surface area contributed by atoms with Gasteiger partial charge in [0.05, 0.1) is 20.1 Å². The van der Waals surface area contributed by atoms with Crippen LogP contribution in [0.15, 0.2) is 18.2 Å². The van der Waals surface area contributed by atoms with Crippen molar-refractivity contribution in [2.24, 2.45) is 0 Å². The number of halogens is 1. The molecule has 0 spiro atoms. The zero-order valence-corrected chi connectivity index (χ0v) is 9.96. The van der Waals surface area contributed by atoms with Crippen LogP contribution >= 0.6 is 0 Å². The minimum atomic E-state index is -0.421. The number of benzene rings is 1. The second-order valence-corrected chi connectivity index (χ2v) is 3.33. The molecule has 0 saturated carbocycles. The van der Waals surface area contributed by atoms with E-state index in [1.54, 1.807) is 19.1 Å². The molecule has 0 unspecified atom stereocenters. The summed E-state index contributed by atoms with van der Waals surface area (Å²) in [6.07, 6.45) is 0.241. The van der Waals surface area contributed by atoms with Gasteiger partial charge < -0.3 is 14.8 Å². The molecule has 0 aliphatic carbocycles. The molecule has 4 nitrogen and oxygen atoms in total. The highest BCUT2D eigenvalue weighted by Gasteiger charge is 2.04. The van der Waals surface area contributed by atoms with Crippen molar-refractivity contribution in [3.8, 4) is 5.75 Å². The molecule has 1 rings (SSSR count). The number of nitrogens with one attached hydrogen (secondary N) is 1. The number of anilines is 1. The van der Waals surface area contributed by atoms with Gasteiger partial charge in [0.1, 0.15) is 0 Å². The second-order valence-electron chi connectivity index (χ2n) is 3.33. The minimum Gasteiger partial charge on any atom is -0.491 e. The Hall–Kier alpha value is -1.78. The van der Waals surface area contributed by atoms with Crippen molar-refractivity contribution in [2.75, 3.05) is 25.6 Å². The Kier molecular flexibility index (Phi) is 5.26. The standard InChI is InChI=1S/C12H16FNO3/c1-3-17-11-5-4-9(8-10(11)13)14-7-6-12(15)16-2/h4-5,8,14H,3,6-7H2,1-2H3. The van der Waals surface area contributed by atoms with Gasteiger partial charge in [0, 0.05) is 18.3 Å². The molecular weight excluding hydrogens is 225 g/mol. The average molecular weight is 241 g/mol. The molecule has 1 N–H and O–H groups in total. The summed E-state index contributed by atoms with van der Waals surface area (Å²) in [6, 6.07) is 4.59. The van der Waals surface area contributed by atoms with Crippen molar-refractivity contribution in [3.05, 3.63) is 24.0 Å². The molecule has 0 saturated heterocycles. The Morgan fingerprint density at radius 2 is 2.24 bits per heavy atom. The zero-order chi connectivity index (χ0) is 12.7. The third kappa shape index (κ3) is 4.30. The maximum absolute atomic E-state index is 13.4. The minimum absolute atomic E-state index is 0.228. The molecule has 0 aromatic heterocycles. The van der Waals surface area contributed by atoms with Crippen molar-refractivity contribution in [1.29, 1.82) is 0 Å². The fraction of sp³-hybridized carbons (Fsp3) is 0.417. The number of carbonyl (C=O) groups excluding carboxylic acids is 1. The molecule has 1 aromatic carbocycles. The van der Waals surface area contributed by atoms with Gasteiger partial charge in [0.15, 0.2) is 11.6 Å². The molecule has 0 amide bonds. The molecular formula is C12H16FNO3. The number of esters is 1. The van der Waals surface area contributed by atoms with Gasteiger partial charge in [-0.2, -0.15) is 0 Å². The van der Waals surface area contributed by atoms with Crippen LogP contribution in [0.2, 0.25) is 0 Å². The normalized spacial score (nSPS) is 9.82. The lowest BCUT2D eigenvalue weighted by Gasteiger charge is -2.08. The molecule has 0 fully saturated rings. The van der Waals surface area contributed by atoms with Crippen LogP contribution in [-0.2, 0) is 9.53 Å². The van der Waals surface area contributed by atoms with E-state index in [0.29, 0.717) is 18.8 Å². The van der Waals surface area contributed by atoms with Crippen LogP contribution in [-0.4, -0.2) is 26.2 Å². The van der Waals surface area contributed by atoms with Crippen molar-refractivity contribution in [1.82, 2.24) is 0 Å². The van der Waals surface area contributed by atoms with Gasteiger partial charge in [0.25, 0.3) is 0 Å². The van der Waals surface area contributed by atoms with Crippen molar-refractivity contribution >= 4 is 11.7 Å². The largest absolute Gasteiger partial charge is 0.491 e. The lowest BCUT2D eigenvalue weighted by Crippen LogP contribution is -2.09. The highest BCUT2D eigenvalue weighted by molar-refractivity contribution is 5.69. The van der Waals surface area contributed by atoms with E-state index >= 15 is 0 Å². The van der Waals surface area contributed by atoms with E-state index in [1.165, 1.54) is 13.2 Å². The molecule has 0 bridgehead atoms. The Labute approximate surface area is 99.7 Å². The van der Waals surface area contributed by atoms with Crippen molar-refractivity contribution in [3.63, 3.8) is 0 Å². The summed E-state index contributed by atoms with van der Waals surface area (Å²) in [5.41, 5.74) is 0.606. The average Bonchev–Trinajstić information content (AvgIpc) is 2.32. The summed E-state index contributed by atoms with van der Waals surface area (Å²) in [4.78, 5) is 10.9. The van der Waals surface area contributed by atoms with Gasteiger partial charge in [-0.3, -0.25) is 4.79 Å². The first kappa shape index (κ1) is 13.3. The van der Waals surface area contributed by atoms with E-state index in [4.69, 9.17) is 4.74 Å². The van der Waals surface area contributed by atoms with Crippen LogP contribution in [0, 0.1) is 5.82 Å². The zero-order valence-electron chi connectivity index (χ0n) is 9.96. The summed E-state index contributed by atoms with van der Waals surface area (Å²) in [5, 5.41) is 2.92. The maximum Gasteiger partial charge on any atom is 0.307 e. The lowest BCUT2D eigenvalue weighted by atomic mass is 10.3. The van der Waals surface area contributed by atoms with Gasteiger partial charge >= 0.3 is 5.97 Å². The highest BCUT2D eigenvalue weighted by Crippen LogP contribution is 2.20. The quantitative estimate of drug-likeness (QED) is 0.776. The Bertz CT molecular complexity index is 382. The predicted molar refractivity (Wildman–Crippen MR) is 62.7 cm³/mol. The van der Waals surface area contributed by atoms with Crippen LogP contribution < -0.4 is 10.1 Å². The number of hydrogen-bond acceptors (Lipinski definition) is 4. The van der Waals surface area contributed by atoms with Crippen LogP contribution in [0.1, 0.15) is 13.3 Å². The van der Waals surface area contributed by atoms with Crippen LogP contribution in [0.4, 0.5) is 10.1 Å². The monoisotopic (exact) mass is 241 g/mol. The first-order chi connectivity index (χ1) is 8.17. The summed E-state index contributed by atoms with van der Waals surface area (Å²) in [6.45, 7) is 2.62. The number of carbonyl (C=O) groups is 1. The summed E-state index contributed by atoms with van der Waals surface area (Å²) in [7, 11) is 1.33. The van der Waals surface area contributed by atoms with Crippen molar-refractivity contribution < 1.29 is 18.7 Å². The van der Waals surface area contributed by atoms with Gasteiger partial charge in [-0.1, -0.05) is 0 Å². The molecule has 0 aliphatic heterocycles. The lowest BCUT2D eigenvalue weighted by molar-refractivity contribution is -0.140. The van der Waals surface area contributed by atoms with Gasteiger partial charge in [-0.15, -0.1) is 0 Å². The highest BCUT2D eigenvalue weighted by atomic mass is 19.1. The fourth-order valence-electron chi connectivity index (χ4n) is 1.29. The first-order valence-corrected chi connectivity index (χ1v) is 5.40. The van der Waals surface area contributed by atoms with E-state index < -0.39 is 5.82 Å². The molecule has 0 radical (unpaired) electrons. The Morgan fingerprint density at radius 3 is 2.82 bits per heavy atom. The van der Waals surface area contributed by atoms with E-state index in [0.717, 1.165) is 0 Å². The number of hydrogen-bond donors (Lipinski definition) is 1. The molecule has 0 heterocycles. The van der Waals surface area contributed by atoms with Gasteiger partial charge in [0.2, 0.25) is 0 Å². The maximum atomic E-state index is 13.4. The van der Waals surface area contributed by atoms with Crippen LogP contribution in [0.5, 0.6) is 5.75 Å². The molecule has 1 aromatic rings. The van der Waals surface area contributed by atoms with E-state index in [9.17, 15) is 9.18 Å². The van der Waals surface area contributed by atoms with Crippen molar-refractivity contribution in [2.45, 2.75) is 13.3 Å². The molecule has 94 valence electrons. The number of methoxy groups -OCH3 is 1. The third-order valence-electron chi connectivity index (χ3n) is 2.12. The van der Waals surface area contributed by atoms with Gasteiger partial charge in [-0.05, 0) is 19.1 Å². The Balaban J connectivity index is 2.50. The number of ether oxygens (including phenoxy) is 2. The smallest absolute Gasteiger partial charge is 0.307 e. The Morgan fingerprint density at radius 1 is 1.47 bits per heavy atom. The molecule has 0 aliphatic rings. The molecule has 5 heteroatoms. The number of rotatable bonds is 6. The summed E-state index contributed by atoms with van der Waals surface area (Å²) in [5.74, 6) is -0.496. The topological polar surface area (TPSA) is 47.6 Å². The summed E-state index contributed by atoms with van der Waals surface area (Å²) >= 11 is 0. The predicted octanol–water partition coefficient (Wildman–Crippen LogP) is 2.20. The third-order valence-corrected chi connectivity index (χ3v) is 2.12.